The lowest BCUT2D eigenvalue weighted by Gasteiger charge is -2.42. The summed E-state index contributed by atoms with van der Waals surface area (Å²) in [5.41, 5.74) is 3.09. The molecule has 1 N–H and O–H groups in total. The van der Waals surface area contributed by atoms with Crippen LogP contribution in [-0.2, 0) is 11.3 Å². The van der Waals surface area contributed by atoms with Crippen molar-refractivity contribution < 1.29 is 4.79 Å². The van der Waals surface area contributed by atoms with Gasteiger partial charge in [-0.15, -0.1) is 0 Å². The molecule has 0 spiro atoms. The number of pyridine rings is 1. The van der Waals surface area contributed by atoms with Gasteiger partial charge < -0.3 is 10.2 Å². The Morgan fingerprint density at radius 2 is 1.90 bits per heavy atom. The zero-order valence-electron chi connectivity index (χ0n) is 18.0. The number of carbonyl (C=O) groups is 1. The van der Waals surface area contributed by atoms with Crippen LogP contribution in [0.5, 0.6) is 0 Å². The van der Waals surface area contributed by atoms with E-state index in [-0.39, 0.29) is 11.8 Å². The standard InChI is InChI=1S/C23H32N6O/c1-17-13-18(2)27-23(26-17)28-11-7-21(8-12-28)29-10-4-6-20(16-29)22(30)25-15-19-5-3-9-24-14-19/h3,5,9,13-14,20-21H,4,6-8,10-12,15-16H2,1-2H3,(H,25,30)/t20-/m1/s1. The maximum absolute atomic E-state index is 12.7. The summed E-state index contributed by atoms with van der Waals surface area (Å²) >= 11 is 0. The fourth-order valence-electron chi connectivity index (χ4n) is 4.67. The highest BCUT2D eigenvalue weighted by molar-refractivity contribution is 5.78. The van der Waals surface area contributed by atoms with Gasteiger partial charge in [0.25, 0.3) is 0 Å². The zero-order valence-corrected chi connectivity index (χ0v) is 18.0. The summed E-state index contributed by atoms with van der Waals surface area (Å²) in [6, 6.07) is 6.46. The number of piperidine rings is 2. The van der Waals surface area contributed by atoms with Gasteiger partial charge >= 0.3 is 0 Å². The van der Waals surface area contributed by atoms with E-state index in [0.717, 1.165) is 74.8 Å². The van der Waals surface area contributed by atoms with Gasteiger partial charge in [-0.1, -0.05) is 6.07 Å². The van der Waals surface area contributed by atoms with Crippen molar-refractivity contribution in [3.63, 3.8) is 0 Å². The number of rotatable bonds is 5. The molecule has 7 heteroatoms. The van der Waals surface area contributed by atoms with Crippen LogP contribution in [-0.4, -0.2) is 58.0 Å². The van der Waals surface area contributed by atoms with Gasteiger partial charge in [-0.2, -0.15) is 0 Å². The lowest BCUT2D eigenvalue weighted by molar-refractivity contribution is -0.127. The molecule has 0 aromatic carbocycles. The summed E-state index contributed by atoms with van der Waals surface area (Å²) in [6.45, 7) is 8.51. The maximum atomic E-state index is 12.7. The summed E-state index contributed by atoms with van der Waals surface area (Å²) in [7, 11) is 0. The van der Waals surface area contributed by atoms with Crippen molar-refractivity contribution in [2.45, 2.75) is 52.1 Å². The molecule has 2 aromatic heterocycles. The molecule has 4 heterocycles. The average Bonchev–Trinajstić information content (AvgIpc) is 2.78. The van der Waals surface area contributed by atoms with Gasteiger partial charge in [-0.25, -0.2) is 9.97 Å². The lowest BCUT2D eigenvalue weighted by atomic mass is 9.93. The molecule has 2 aliphatic heterocycles. The third-order valence-electron chi connectivity index (χ3n) is 6.25. The number of carbonyl (C=O) groups excluding carboxylic acids is 1. The molecule has 0 radical (unpaired) electrons. The first-order valence-corrected chi connectivity index (χ1v) is 11.1. The summed E-state index contributed by atoms with van der Waals surface area (Å²) in [4.78, 5) is 30.9. The fourth-order valence-corrected chi connectivity index (χ4v) is 4.67. The van der Waals surface area contributed by atoms with Crippen molar-refractivity contribution in [3.05, 3.63) is 47.5 Å². The quantitative estimate of drug-likeness (QED) is 0.819. The number of amides is 1. The largest absolute Gasteiger partial charge is 0.352 e. The molecule has 2 aromatic rings. The molecular weight excluding hydrogens is 376 g/mol. The molecule has 1 amide bonds. The molecule has 4 rings (SSSR count). The highest BCUT2D eigenvalue weighted by atomic mass is 16.1. The van der Waals surface area contributed by atoms with Crippen molar-refractivity contribution in [3.8, 4) is 0 Å². The molecular formula is C23H32N6O. The van der Waals surface area contributed by atoms with E-state index < -0.39 is 0 Å². The Hall–Kier alpha value is -2.54. The summed E-state index contributed by atoms with van der Waals surface area (Å²) in [5.74, 6) is 1.11. The molecule has 2 aliphatic rings. The van der Waals surface area contributed by atoms with Crippen LogP contribution in [0.1, 0.15) is 42.6 Å². The van der Waals surface area contributed by atoms with E-state index in [1.807, 2.05) is 32.0 Å². The molecule has 0 bridgehead atoms. The molecule has 2 fully saturated rings. The van der Waals surface area contributed by atoms with Gasteiger partial charge in [0, 0.05) is 56.0 Å². The van der Waals surface area contributed by atoms with E-state index >= 15 is 0 Å². The summed E-state index contributed by atoms with van der Waals surface area (Å²) in [6.07, 6.45) is 7.82. The predicted molar refractivity (Wildman–Crippen MR) is 117 cm³/mol. The topological polar surface area (TPSA) is 74.2 Å². The monoisotopic (exact) mass is 408 g/mol. The third-order valence-corrected chi connectivity index (χ3v) is 6.25. The van der Waals surface area contributed by atoms with Crippen LogP contribution in [0.4, 0.5) is 5.95 Å². The van der Waals surface area contributed by atoms with Crippen LogP contribution in [0.15, 0.2) is 30.6 Å². The zero-order chi connectivity index (χ0) is 20.9. The number of hydrogen-bond donors (Lipinski definition) is 1. The van der Waals surface area contributed by atoms with Crippen molar-refractivity contribution in [1.82, 2.24) is 25.2 Å². The van der Waals surface area contributed by atoms with E-state index in [2.05, 4.69) is 30.1 Å². The molecule has 30 heavy (non-hydrogen) atoms. The van der Waals surface area contributed by atoms with Crippen LogP contribution in [0.25, 0.3) is 0 Å². The van der Waals surface area contributed by atoms with Crippen LogP contribution in [0, 0.1) is 19.8 Å². The highest BCUT2D eigenvalue weighted by Gasteiger charge is 2.32. The Labute approximate surface area is 178 Å². The molecule has 2 saturated heterocycles. The van der Waals surface area contributed by atoms with Gasteiger partial charge in [0.15, 0.2) is 0 Å². The predicted octanol–water partition coefficient (Wildman–Crippen LogP) is 2.49. The number of likely N-dealkylation sites (tertiary alicyclic amines) is 1. The number of anilines is 1. The van der Waals surface area contributed by atoms with Gasteiger partial charge in [0.2, 0.25) is 11.9 Å². The van der Waals surface area contributed by atoms with E-state index in [1.165, 1.54) is 0 Å². The smallest absolute Gasteiger partial charge is 0.225 e. The first-order chi connectivity index (χ1) is 14.6. The minimum absolute atomic E-state index is 0.0798. The van der Waals surface area contributed by atoms with Crippen molar-refractivity contribution in [2.24, 2.45) is 5.92 Å². The number of hydrogen-bond acceptors (Lipinski definition) is 6. The second-order valence-corrected chi connectivity index (χ2v) is 8.58. The average molecular weight is 409 g/mol. The Kier molecular flexibility index (Phi) is 6.57. The molecule has 0 unspecified atom stereocenters. The fraction of sp³-hybridized carbons (Fsp3) is 0.565. The molecule has 0 saturated carbocycles. The molecule has 1 atom stereocenters. The Balaban J connectivity index is 1.28. The van der Waals surface area contributed by atoms with E-state index in [1.54, 1.807) is 12.4 Å². The van der Waals surface area contributed by atoms with Gasteiger partial charge in [0.05, 0.1) is 5.92 Å². The number of aryl methyl sites for hydroxylation is 2. The second kappa shape index (κ2) is 9.51. The van der Waals surface area contributed by atoms with Gasteiger partial charge in [-0.05, 0) is 63.8 Å². The van der Waals surface area contributed by atoms with Gasteiger partial charge in [-0.3, -0.25) is 14.7 Å². The Morgan fingerprint density at radius 1 is 1.13 bits per heavy atom. The maximum Gasteiger partial charge on any atom is 0.225 e. The van der Waals surface area contributed by atoms with E-state index in [9.17, 15) is 4.79 Å². The van der Waals surface area contributed by atoms with Crippen LogP contribution in [0.2, 0.25) is 0 Å². The molecule has 7 nitrogen and oxygen atoms in total. The minimum atomic E-state index is 0.0798. The lowest BCUT2D eigenvalue weighted by Crippen LogP contribution is -2.51. The van der Waals surface area contributed by atoms with Crippen molar-refractivity contribution >= 4 is 11.9 Å². The van der Waals surface area contributed by atoms with Crippen molar-refractivity contribution in [2.75, 3.05) is 31.1 Å². The first kappa shape index (κ1) is 20.7. The van der Waals surface area contributed by atoms with Crippen LogP contribution in [0.3, 0.4) is 0 Å². The SMILES string of the molecule is Cc1cc(C)nc(N2CCC(N3CCC[C@@H](C(=O)NCc4cccnc4)C3)CC2)n1. The van der Waals surface area contributed by atoms with E-state index in [4.69, 9.17) is 0 Å². The molecule has 0 aliphatic carbocycles. The Morgan fingerprint density at radius 3 is 2.60 bits per heavy atom. The van der Waals surface area contributed by atoms with Gasteiger partial charge in [0.1, 0.15) is 0 Å². The normalized spacial score (nSPS) is 20.9. The van der Waals surface area contributed by atoms with Crippen LogP contribution < -0.4 is 10.2 Å². The van der Waals surface area contributed by atoms with Crippen LogP contribution >= 0.6 is 0 Å². The molecule has 160 valence electrons. The first-order valence-electron chi connectivity index (χ1n) is 11.1. The second-order valence-electron chi connectivity index (χ2n) is 8.58. The Bertz CT molecular complexity index is 830. The van der Waals surface area contributed by atoms with Crippen molar-refractivity contribution in [1.29, 1.82) is 0 Å². The number of nitrogens with one attached hydrogen (secondary N) is 1. The minimum Gasteiger partial charge on any atom is -0.352 e. The summed E-state index contributed by atoms with van der Waals surface area (Å²) in [5, 5.41) is 3.10. The highest BCUT2D eigenvalue weighted by Crippen LogP contribution is 2.25. The number of nitrogens with zero attached hydrogens (tertiary/aromatic N) is 5. The van der Waals surface area contributed by atoms with E-state index in [0.29, 0.717) is 12.6 Å². The number of aromatic nitrogens is 3. The summed E-state index contributed by atoms with van der Waals surface area (Å²) < 4.78 is 0. The third kappa shape index (κ3) is 5.14.